The summed E-state index contributed by atoms with van der Waals surface area (Å²) in [4.78, 5) is 16.4. The van der Waals surface area contributed by atoms with Gasteiger partial charge in [-0.2, -0.15) is 0 Å². The molecule has 0 aromatic carbocycles. The highest BCUT2D eigenvalue weighted by molar-refractivity contribution is 5.75. The predicted molar refractivity (Wildman–Crippen MR) is 96.9 cm³/mol. The van der Waals surface area contributed by atoms with Crippen LogP contribution in [-0.4, -0.2) is 62.7 Å². The summed E-state index contributed by atoms with van der Waals surface area (Å²) in [5, 5.41) is 0. The maximum absolute atomic E-state index is 11.9. The molecule has 0 atom stereocenters. The summed E-state index contributed by atoms with van der Waals surface area (Å²) >= 11 is 0. The van der Waals surface area contributed by atoms with Gasteiger partial charge >= 0.3 is 0 Å². The molecule has 0 N–H and O–H groups in total. The zero-order valence-corrected chi connectivity index (χ0v) is 15.8. The van der Waals surface area contributed by atoms with Crippen LogP contribution in [0.1, 0.15) is 57.8 Å². The minimum atomic E-state index is 0.308. The molecule has 1 saturated carbocycles. The monoisotopic (exact) mass is 336 g/mol. The first-order valence-corrected chi connectivity index (χ1v) is 10.1. The van der Waals surface area contributed by atoms with E-state index in [9.17, 15) is 4.79 Å². The number of hydrogen-bond acceptors (Lipinski definition) is 3. The fourth-order valence-corrected chi connectivity index (χ4v) is 4.93. The van der Waals surface area contributed by atoms with Crippen molar-refractivity contribution in [3.8, 4) is 0 Å². The number of amides is 1. The standard InChI is InChI=1S/C20H36N2O2/c1-21(2)19(23)15-17-3-7-20(8-4-17)9-11-22(12-10-20)16-18-5-13-24-14-6-18/h17-18H,3-16H2,1-2H3. The third-order valence-corrected chi connectivity index (χ3v) is 6.90. The minimum absolute atomic E-state index is 0.308. The summed E-state index contributed by atoms with van der Waals surface area (Å²) in [5.41, 5.74) is 0.601. The van der Waals surface area contributed by atoms with E-state index >= 15 is 0 Å². The fourth-order valence-electron chi connectivity index (χ4n) is 4.93. The molecule has 2 saturated heterocycles. The molecular weight excluding hydrogens is 300 g/mol. The van der Waals surface area contributed by atoms with Gasteiger partial charge in [-0.05, 0) is 81.7 Å². The summed E-state index contributed by atoms with van der Waals surface area (Å²) in [7, 11) is 3.75. The van der Waals surface area contributed by atoms with E-state index in [0.29, 0.717) is 17.2 Å². The lowest BCUT2D eigenvalue weighted by Crippen LogP contribution is -2.44. The van der Waals surface area contributed by atoms with Crippen molar-refractivity contribution >= 4 is 5.91 Å². The molecule has 4 nitrogen and oxygen atoms in total. The molecule has 0 aromatic rings. The van der Waals surface area contributed by atoms with Crippen LogP contribution in [0.3, 0.4) is 0 Å². The van der Waals surface area contributed by atoms with Gasteiger partial charge in [0.05, 0.1) is 0 Å². The number of likely N-dealkylation sites (tertiary alicyclic amines) is 1. The summed E-state index contributed by atoms with van der Waals surface area (Å²) in [6.45, 7) is 5.81. The van der Waals surface area contributed by atoms with Gasteiger partial charge in [0.1, 0.15) is 0 Å². The Morgan fingerprint density at radius 3 is 2.21 bits per heavy atom. The van der Waals surface area contributed by atoms with Crippen molar-refractivity contribution in [3.63, 3.8) is 0 Å². The van der Waals surface area contributed by atoms with E-state index < -0.39 is 0 Å². The highest BCUT2D eigenvalue weighted by Crippen LogP contribution is 2.47. The Kier molecular flexibility index (Phi) is 6.20. The lowest BCUT2D eigenvalue weighted by molar-refractivity contribution is -0.130. The van der Waals surface area contributed by atoms with Gasteiger partial charge in [0, 0.05) is 40.3 Å². The molecule has 24 heavy (non-hydrogen) atoms. The van der Waals surface area contributed by atoms with Crippen LogP contribution < -0.4 is 0 Å². The Balaban J connectivity index is 1.39. The van der Waals surface area contributed by atoms with Crippen molar-refractivity contribution in [2.75, 3.05) is 46.9 Å². The molecule has 0 aromatic heterocycles. The Morgan fingerprint density at radius 1 is 1.00 bits per heavy atom. The van der Waals surface area contributed by atoms with Crippen LogP contribution in [-0.2, 0) is 9.53 Å². The number of ether oxygens (including phenoxy) is 1. The second-order valence-electron chi connectivity index (χ2n) is 8.79. The first-order valence-electron chi connectivity index (χ1n) is 10.1. The van der Waals surface area contributed by atoms with Crippen LogP contribution in [0.15, 0.2) is 0 Å². The minimum Gasteiger partial charge on any atom is -0.381 e. The van der Waals surface area contributed by atoms with Crippen molar-refractivity contribution in [3.05, 3.63) is 0 Å². The van der Waals surface area contributed by atoms with E-state index in [0.717, 1.165) is 25.6 Å². The van der Waals surface area contributed by atoms with Crippen LogP contribution >= 0.6 is 0 Å². The molecule has 0 unspecified atom stereocenters. The van der Waals surface area contributed by atoms with Gasteiger partial charge in [-0.3, -0.25) is 4.79 Å². The number of piperidine rings is 1. The van der Waals surface area contributed by atoms with Crippen LogP contribution in [0.5, 0.6) is 0 Å². The number of rotatable bonds is 4. The lowest BCUT2D eigenvalue weighted by atomic mass is 9.65. The zero-order chi connectivity index (χ0) is 17.0. The number of carbonyl (C=O) groups is 1. The summed E-state index contributed by atoms with van der Waals surface area (Å²) in [5.74, 6) is 1.80. The summed E-state index contributed by atoms with van der Waals surface area (Å²) < 4.78 is 5.49. The van der Waals surface area contributed by atoms with E-state index in [1.165, 1.54) is 71.0 Å². The molecule has 138 valence electrons. The van der Waals surface area contributed by atoms with Crippen LogP contribution in [0.4, 0.5) is 0 Å². The van der Waals surface area contributed by atoms with Crippen molar-refractivity contribution in [2.24, 2.45) is 17.3 Å². The van der Waals surface area contributed by atoms with Gasteiger partial charge in [-0.15, -0.1) is 0 Å². The normalized spacial score (nSPS) is 26.6. The quantitative estimate of drug-likeness (QED) is 0.790. The molecule has 1 aliphatic carbocycles. The van der Waals surface area contributed by atoms with Crippen molar-refractivity contribution in [2.45, 2.75) is 57.8 Å². The number of nitrogens with zero attached hydrogens (tertiary/aromatic N) is 2. The Morgan fingerprint density at radius 2 is 1.62 bits per heavy atom. The molecular formula is C20H36N2O2. The van der Waals surface area contributed by atoms with Gasteiger partial charge in [-0.1, -0.05) is 0 Å². The van der Waals surface area contributed by atoms with Crippen molar-refractivity contribution in [1.29, 1.82) is 0 Å². The van der Waals surface area contributed by atoms with Crippen molar-refractivity contribution < 1.29 is 9.53 Å². The van der Waals surface area contributed by atoms with E-state index in [-0.39, 0.29) is 0 Å². The van der Waals surface area contributed by atoms with Crippen molar-refractivity contribution in [1.82, 2.24) is 9.80 Å². The molecule has 2 aliphatic heterocycles. The maximum atomic E-state index is 11.9. The van der Waals surface area contributed by atoms with Gasteiger partial charge in [0.2, 0.25) is 5.91 Å². The maximum Gasteiger partial charge on any atom is 0.222 e. The van der Waals surface area contributed by atoms with Crippen LogP contribution in [0, 0.1) is 17.3 Å². The third-order valence-electron chi connectivity index (χ3n) is 6.90. The second kappa shape index (κ2) is 8.18. The molecule has 3 aliphatic rings. The highest BCUT2D eigenvalue weighted by atomic mass is 16.5. The highest BCUT2D eigenvalue weighted by Gasteiger charge is 2.38. The molecule has 0 bridgehead atoms. The van der Waals surface area contributed by atoms with Gasteiger partial charge in [-0.25, -0.2) is 0 Å². The van der Waals surface area contributed by atoms with E-state index in [1.54, 1.807) is 4.90 Å². The molecule has 3 fully saturated rings. The van der Waals surface area contributed by atoms with E-state index in [4.69, 9.17) is 4.74 Å². The van der Waals surface area contributed by atoms with Gasteiger partial charge in [0.15, 0.2) is 0 Å². The molecule has 2 heterocycles. The molecule has 0 radical (unpaired) electrons. The topological polar surface area (TPSA) is 32.8 Å². The summed E-state index contributed by atoms with van der Waals surface area (Å²) in [6, 6.07) is 0. The largest absolute Gasteiger partial charge is 0.381 e. The molecule has 1 amide bonds. The first kappa shape index (κ1) is 18.2. The average Bonchev–Trinajstić information content (AvgIpc) is 2.60. The molecule has 1 spiro atoms. The van der Waals surface area contributed by atoms with Crippen LogP contribution in [0.25, 0.3) is 0 Å². The van der Waals surface area contributed by atoms with E-state index in [2.05, 4.69) is 4.90 Å². The smallest absolute Gasteiger partial charge is 0.222 e. The Hall–Kier alpha value is -0.610. The van der Waals surface area contributed by atoms with Crippen LogP contribution in [0.2, 0.25) is 0 Å². The predicted octanol–water partition coefficient (Wildman–Crippen LogP) is 3.16. The van der Waals surface area contributed by atoms with Gasteiger partial charge in [0.25, 0.3) is 0 Å². The fraction of sp³-hybridized carbons (Fsp3) is 0.950. The lowest BCUT2D eigenvalue weighted by Gasteiger charge is -2.46. The Bertz CT molecular complexity index is 400. The average molecular weight is 337 g/mol. The molecule has 3 rings (SSSR count). The van der Waals surface area contributed by atoms with E-state index in [1.807, 2.05) is 14.1 Å². The zero-order valence-electron chi connectivity index (χ0n) is 15.8. The van der Waals surface area contributed by atoms with Gasteiger partial charge < -0.3 is 14.5 Å². The molecule has 4 heteroatoms. The summed E-state index contributed by atoms with van der Waals surface area (Å²) in [6.07, 6.45) is 11.3. The SMILES string of the molecule is CN(C)C(=O)CC1CCC2(CC1)CCN(CC1CCOCC1)CC2. The second-order valence-corrected chi connectivity index (χ2v) is 8.79. The Labute approximate surface area is 147 Å². The number of hydrogen-bond donors (Lipinski definition) is 0. The first-order chi connectivity index (χ1) is 11.6. The number of carbonyl (C=O) groups excluding carboxylic acids is 1. The third kappa shape index (κ3) is 4.72.